The lowest BCUT2D eigenvalue weighted by Crippen LogP contribution is -2.41. The fraction of sp³-hybridized carbons (Fsp3) is 0.562. The summed E-state index contributed by atoms with van der Waals surface area (Å²) < 4.78 is 19.2. The molecule has 19 heavy (non-hydrogen) atoms. The summed E-state index contributed by atoms with van der Waals surface area (Å²) >= 11 is 0. The molecule has 0 atom stereocenters. The monoisotopic (exact) mass is 264 g/mol. The fourth-order valence-electron chi connectivity index (χ4n) is 2.87. The number of hydrogen-bond donors (Lipinski definition) is 0. The van der Waals surface area contributed by atoms with Crippen molar-refractivity contribution >= 4 is 5.78 Å². The fourth-order valence-corrected chi connectivity index (χ4v) is 2.87. The van der Waals surface area contributed by atoms with E-state index in [1.807, 2.05) is 0 Å². The van der Waals surface area contributed by atoms with Gasteiger partial charge in [0.15, 0.2) is 5.78 Å². The Morgan fingerprint density at radius 1 is 1.21 bits per heavy atom. The van der Waals surface area contributed by atoms with Crippen LogP contribution in [0.1, 0.15) is 44.1 Å². The standard InChI is InChI=1S/C16H21FO2/c1-19-16(10-6-2-3-7-11-16)15(18)12-13-8-4-5-9-14(13)17/h4-5,8-9H,2-3,6-7,10-12H2,1H3. The SMILES string of the molecule is COC1(C(=O)Cc2ccccc2F)CCCCCC1. The summed E-state index contributed by atoms with van der Waals surface area (Å²) in [5, 5.41) is 0. The van der Waals surface area contributed by atoms with Crippen molar-refractivity contribution in [3.8, 4) is 0 Å². The van der Waals surface area contributed by atoms with Gasteiger partial charge in [0.2, 0.25) is 0 Å². The van der Waals surface area contributed by atoms with E-state index in [4.69, 9.17) is 4.74 Å². The zero-order valence-corrected chi connectivity index (χ0v) is 11.5. The number of ketones is 1. The summed E-state index contributed by atoms with van der Waals surface area (Å²) in [5.41, 5.74) is -0.230. The molecular weight excluding hydrogens is 243 g/mol. The molecule has 2 nitrogen and oxygen atoms in total. The highest BCUT2D eigenvalue weighted by Crippen LogP contribution is 2.32. The minimum atomic E-state index is -0.696. The van der Waals surface area contributed by atoms with Gasteiger partial charge in [-0.05, 0) is 24.5 Å². The Kier molecular flexibility index (Phi) is 4.70. The Labute approximate surface area is 114 Å². The van der Waals surface area contributed by atoms with E-state index in [0.717, 1.165) is 38.5 Å². The topological polar surface area (TPSA) is 26.3 Å². The molecule has 1 aliphatic carbocycles. The van der Waals surface area contributed by atoms with Crippen molar-refractivity contribution in [2.75, 3.05) is 7.11 Å². The maximum absolute atomic E-state index is 13.6. The first-order valence-corrected chi connectivity index (χ1v) is 7.00. The van der Waals surface area contributed by atoms with Gasteiger partial charge in [-0.3, -0.25) is 4.79 Å². The Morgan fingerprint density at radius 3 is 2.42 bits per heavy atom. The number of rotatable bonds is 4. The smallest absolute Gasteiger partial charge is 0.169 e. The molecule has 0 radical (unpaired) electrons. The van der Waals surface area contributed by atoms with Crippen molar-refractivity contribution in [1.29, 1.82) is 0 Å². The van der Waals surface area contributed by atoms with E-state index in [1.165, 1.54) is 6.07 Å². The largest absolute Gasteiger partial charge is 0.370 e. The number of carbonyl (C=O) groups excluding carboxylic acids is 1. The Morgan fingerprint density at radius 2 is 1.84 bits per heavy atom. The van der Waals surface area contributed by atoms with Crippen LogP contribution in [0.25, 0.3) is 0 Å². The van der Waals surface area contributed by atoms with Crippen molar-refractivity contribution < 1.29 is 13.9 Å². The molecular formula is C16H21FO2. The average molecular weight is 264 g/mol. The summed E-state index contributed by atoms with van der Waals surface area (Å²) in [6, 6.07) is 6.47. The van der Waals surface area contributed by atoms with Crippen molar-refractivity contribution in [2.45, 2.75) is 50.5 Å². The van der Waals surface area contributed by atoms with E-state index >= 15 is 0 Å². The molecule has 1 aromatic carbocycles. The van der Waals surface area contributed by atoms with E-state index in [2.05, 4.69) is 0 Å². The molecule has 0 aromatic heterocycles. The van der Waals surface area contributed by atoms with Crippen LogP contribution in [-0.2, 0) is 16.0 Å². The number of hydrogen-bond acceptors (Lipinski definition) is 2. The van der Waals surface area contributed by atoms with Crippen molar-refractivity contribution in [2.24, 2.45) is 0 Å². The summed E-state index contributed by atoms with van der Waals surface area (Å²) in [6.07, 6.45) is 5.97. The minimum Gasteiger partial charge on any atom is -0.370 e. The first-order chi connectivity index (χ1) is 9.18. The molecule has 1 fully saturated rings. The van der Waals surface area contributed by atoms with Gasteiger partial charge in [0, 0.05) is 13.5 Å². The van der Waals surface area contributed by atoms with Crippen LogP contribution >= 0.6 is 0 Å². The van der Waals surface area contributed by atoms with Gasteiger partial charge in [0.1, 0.15) is 11.4 Å². The van der Waals surface area contributed by atoms with Gasteiger partial charge >= 0.3 is 0 Å². The molecule has 0 bridgehead atoms. The van der Waals surface area contributed by atoms with Crippen LogP contribution in [0.4, 0.5) is 4.39 Å². The summed E-state index contributed by atoms with van der Waals surface area (Å²) in [5.74, 6) is -0.294. The molecule has 104 valence electrons. The molecule has 1 saturated carbocycles. The van der Waals surface area contributed by atoms with Gasteiger partial charge in [-0.2, -0.15) is 0 Å². The summed E-state index contributed by atoms with van der Waals surface area (Å²) in [6.45, 7) is 0. The van der Waals surface area contributed by atoms with Crippen LogP contribution in [0.2, 0.25) is 0 Å². The number of carbonyl (C=O) groups is 1. The average Bonchev–Trinajstić information content (AvgIpc) is 2.67. The third-order valence-electron chi connectivity index (χ3n) is 4.12. The summed E-state index contributed by atoms with van der Waals surface area (Å²) in [7, 11) is 1.60. The quantitative estimate of drug-likeness (QED) is 0.775. The van der Waals surface area contributed by atoms with Gasteiger partial charge in [-0.15, -0.1) is 0 Å². The lowest BCUT2D eigenvalue weighted by Gasteiger charge is -2.29. The van der Waals surface area contributed by atoms with E-state index in [0.29, 0.717) is 5.56 Å². The number of ether oxygens (including phenoxy) is 1. The van der Waals surface area contributed by atoms with Gasteiger partial charge in [0.25, 0.3) is 0 Å². The maximum Gasteiger partial charge on any atom is 0.169 e. The second kappa shape index (κ2) is 6.29. The van der Waals surface area contributed by atoms with E-state index in [-0.39, 0.29) is 18.0 Å². The van der Waals surface area contributed by atoms with Gasteiger partial charge in [-0.25, -0.2) is 4.39 Å². The number of halogens is 1. The lowest BCUT2D eigenvalue weighted by molar-refractivity contribution is -0.142. The Balaban J connectivity index is 2.14. The molecule has 0 amide bonds. The number of methoxy groups -OCH3 is 1. The molecule has 0 unspecified atom stereocenters. The van der Waals surface area contributed by atoms with Crippen LogP contribution < -0.4 is 0 Å². The van der Waals surface area contributed by atoms with Gasteiger partial charge < -0.3 is 4.74 Å². The van der Waals surface area contributed by atoms with Crippen LogP contribution in [0.3, 0.4) is 0 Å². The molecule has 1 aromatic rings. The van der Waals surface area contributed by atoms with Crippen molar-refractivity contribution in [3.05, 3.63) is 35.6 Å². The minimum absolute atomic E-state index is 0.0157. The molecule has 2 rings (SSSR count). The highest BCUT2D eigenvalue weighted by Gasteiger charge is 2.38. The zero-order valence-electron chi connectivity index (χ0n) is 11.5. The third-order valence-corrected chi connectivity index (χ3v) is 4.12. The highest BCUT2D eigenvalue weighted by atomic mass is 19.1. The lowest BCUT2D eigenvalue weighted by atomic mass is 9.86. The van der Waals surface area contributed by atoms with Crippen LogP contribution in [0.5, 0.6) is 0 Å². The molecule has 0 N–H and O–H groups in total. The first kappa shape index (κ1) is 14.2. The molecule has 0 spiro atoms. The Bertz CT molecular complexity index is 434. The van der Waals surface area contributed by atoms with Gasteiger partial charge in [-0.1, -0.05) is 43.9 Å². The number of benzene rings is 1. The molecule has 0 aliphatic heterocycles. The highest BCUT2D eigenvalue weighted by molar-refractivity contribution is 5.89. The maximum atomic E-state index is 13.6. The zero-order chi connectivity index (χ0) is 13.7. The van der Waals surface area contributed by atoms with E-state index in [9.17, 15) is 9.18 Å². The van der Waals surface area contributed by atoms with E-state index < -0.39 is 5.60 Å². The molecule has 1 aliphatic rings. The normalized spacial score (nSPS) is 18.8. The second-order valence-electron chi connectivity index (χ2n) is 5.30. The predicted octanol–water partition coefficient (Wildman–Crippen LogP) is 3.68. The van der Waals surface area contributed by atoms with Crippen LogP contribution in [0.15, 0.2) is 24.3 Å². The number of Topliss-reactive ketones (excluding diaryl/α,β-unsaturated/α-hetero) is 1. The second-order valence-corrected chi connectivity index (χ2v) is 5.30. The first-order valence-electron chi connectivity index (χ1n) is 7.00. The molecule has 3 heteroatoms. The molecule has 0 heterocycles. The third kappa shape index (κ3) is 3.21. The Hall–Kier alpha value is -1.22. The van der Waals surface area contributed by atoms with E-state index in [1.54, 1.807) is 25.3 Å². The van der Waals surface area contributed by atoms with Crippen LogP contribution in [-0.4, -0.2) is 18.5 Å². The van der Waals surface area contributed by atoms with Gasteiger partial charge in [0.05, 0.1) is 0 Å². The molecule has 0 saturated heterocycles. The van der Waals surface area contributed by atoms with Crippen molar-refractivity contribution in [3.63, 3.8) is 0 Å². The summed E-state index contributed by atoms with van der Waals surface area (Å²) in [4.78, 5) is 12.5. The van der Waals surface area contributed by atoms with Crippen LogP contribution in [0, 0.1) is 5.82 Å². The predicted molar refractivity (Wildman–Crippen MR) is 72.6 cm³/mol. The van der Waals surface area contributed by atoms with Crippen molar-refractivity contribution in [1.82, 2.24) is 0 Å².